The number of nitrogens with zero attached hydrogens (tertiary/aromatic N) is 2. The molecule has 27 heavy (non-hydrogen) atoms. The highest BCUT2D eigenvalue weighted by atomic mass is 35.5. The van der Waals surface area contributed by atoms with Gasteiger partial charge in [0, 0.05) is 18.7 Å². The molecule has 142 valence electrons. The van der Waals surface area contributed by atoms with E-state index in [1.54, 1.807) is 24.3 Å². The maximum atomic E-state index is 12.7. The average molecular weight is 397 g/mol. The molecule has 0 aliphatic heterocycles. The third-order valence-corrected chi connectivity index (χ3v) is 3.72. The molecule has 8 heteroatoms. The summed E-state index contributed by atoms with van der Waals surface area (Å²) in [6.07, 6.45) is -0.785. The van der Waals surface area contributed by atoms with Crippen LogP contribution in [0, 0.1) is 11.3 Å². The molecule has 0 saturated heterocycles. The van der Waals surface area contributed by atoms with Gasteiger partial charge in [-0.1, -0.05) is 23.7 Å². The number of ether oxygens (including phenoxy) is 2. The summed E-state index contributed by atoms with van der Waals surface area (Å²) in [6, 6.07) is 7.88. The van der Waals surface area contributed by atoms with Gasteiger partial charge in [0.25, 0.3) is 0 Å². The van der Waals surface area contributed by atoms with E-state index in [-0.39, 0.29) is 10.9 Å². The summed E-state index contributed by atoms with van der Waals surface area (Å²) < 4.78 is 49.4. The number of hydrogen-bond acceptors (Lipinski definition) is 4. The number of pyridine rings is 1. The Morgan fingerprint density at radius 3 is 2.70 bits per heavy atom. The number of benzene rings is 1. The van der Waals surface area contributed by atoms with E-state index >= 15 is 0 Å². The topological polar surface area (TPSA) is 55.1 Å². The van der Waals surface area contributed by atoms with Crippen molar-refractivity contribution < 1.29 is 22.6 Å². The third-order valence-electron chi connectivity index (χ3n) is 3.45. The van der Waals surface area contributed by atoms with Crippen molar-refractivity contribution in [1.29, 1.82) is 5.26 Å². The second-order valence-corrected chi connectivity index (χ2v) is 5.89. The van der Waals surface area contributed by atoms with Gasteiger partial charge >= 0.3 is 6.18 Å². The van der Waals surface area contributed by atoms with Crippen LogP contribution in [0.4, 0.5) is 13.2 Å². The number of alkyl halides is 3. The highest BCUT2D eigenvalue weighted by Crippen LogP contribution is 2.36. The smallest absolute Gasteiger partial charge is 0.417 e. The standard InChI is InChI=1S/C19H16ClF3N2O2/c1-2-5-13-6-7-15(26-9-4-3-8-24)11-17(13)27-18-16(20)10-14(12-25-18)19(21,22)23/h2,6-7,10-12H,1,3-5,9H2. The molecule has 0 radical (unpaired) electrons. The molecule has 0 unspecified atom stereocenters. The molecule has 1 aromatic carbocycles. The minimum Gasteiger partial charge on any atom is -0.493 e. The summed E-state index contributed by atoms with van der Waals surface area (Å²) in [5, 5.41) is 8.28. The number of aromatic nitrogens is 1. The minimum absolute atomic E-state index is 0.142. The zero-order chi connectivity index (χ0) is 19.9. The number of unbranched alkanes of at least 4 members (excludes halogenated alkanes) is 1. The fourth-order valence-corrected chi connectivity index (χ4v) is 2.35. The number of halogens is 4. The van der Waals surface area contributed by atoms with E-state index in [1.165, 1.54) is 0 Å². The first-order chi connectivity index (χ1) is 12.8. The van der Waals surface area contributed by atoms with Crippen molar-refractivity contribution in [3.05, 3.63) is 59.3 Å². The monoisotopic (exact) mass is 396 g/mol. The van der Waals surface area contributed by atoms with Gasteiger partial charge in [0.2, 0.25) is 5.88 Å². The number of nitriles is 1. The summed E-state index contributed by atoms with van der Waals surface area (Å²) >= 11 is 5.90. The fraction of sp³-hybridized carbons (Fsp3) is 0.263. The second kappa shape index (κ2) is 9.28. The van der Waals surface area contributed by atoms with Crippen molar-refractivity contribution in [3.63, 3.8) is 0 Å². The molecule has 0 fully saturated rings. The lowest BCUT2D eigenvalue weighted by Crippen LogP contribution is -2.06. The molecule has 0 spiro atoms. The lowest BCUT2D eigenvalue weighted by Gasteiger charge is -2.14. The molecular formula is C19H16ClF3N2O2. The van der Waals surface area contributed by atoms with Gasteiger partial charge < -0.3 is 9.47 Å². The van der Waals surface area contributed by atoms with Gasteiger partial charge in [0.05, 0.1) is 18.2 Å². The van der Waals surface area contributed by atoms with Gasteiger partial charge in [-0.05, 0) is 30.5 Å². The quantitative estimate of drug-likeness (QED) is 0.408. The molecule has 0 saturated carbocycles. The van der Waals surface area contributed by atoms with Gasteiger partial charge in [0.1, 0.15) is 16.5 Å². The van der Waals surface area contributed by atoms with Crippen LogP contribution in [-0.4, -0.2) is 11.6 Å². The van der Waals surface area contributed by atoms with Crippen LogP contribution in [0.3, 0.4) is 0 Å². The zero-order valence-corrected chi connectivity index (χ0v) is 15.0. The van der Waals surface area contributed by atoms with E-state index in [9.17, 15) is 13.2 Å². The average Bonchev–Trinajstić information content (AvgIpc) is 2.61. The van der Waals surface area contributed by atoms with E-state index in [4.69, 9.17) is 26.3 Å². The second-order valence-electron chi connectivity index (χ2n) is 5.48. The van der Waals surface area contributed by atoms with Crippen molar-refractivity contribution in [1.82, 2.24) is 4.98 Å². The third kappa shape index (κ3) is 5.90. The molecule has 0 N–H and O–H groups in total. The Hall–Kier alpha value is -2.72. The van der Waals surface area contributed by atoms with Crippen LogP contribution in [0.15, 0.2) is 43.1 Å². The Labute approximate surface area is 159 Å². The van der Waals surface area contributed by atoms with Crippen LogP contribution in [0.5, 0.6) is 17.4 Å². The summed E-state index contributed by atoms with van der Waals surface area (Å²) in [4.78, 5) is 3.68. The highest BCUT2D eigenvalue weighted by molar-refractivity contribution is 6.31. The van der Waals surface area contributed by atoms with Gasteiger partial charge in [0.15, 0.2) is 0 Å². The van der Waals surface area contributed by atoms with Crippen LogP contribution in [0.1, 0.15) is 24.0 Å². The van der Waals surface area contributed by atoms with Gasteiger partial charge in [-0.2, -0.15) is 18.4 Å². The maximum Gasteiger partial charge on any atom is 0.417 e. The normalized spacial score (nSPS) is 10.9. The zero-order valence-electron chi connectivity index (χ0n) is 14.2. The Kier molecular flexibility index (Phi) is 7.08. The van der Waals surface area contributed by atoms with Crippen molar-refractivity contribution in [2.24, 2.45) is 0 Å². The summed E-state index contributed by atoms with van der Waals surface area (Å²) in [5.41, 5.74) is -0.215. The molecule has 1 heterocycles. The maximum absolute atomic E-state index is 12.7. The summed E-state index contributed by atoms with van der Waals surface area (Å²) in [7, 11) is 0. The van der Waals surface area contributed by atoms with E-state index in [1.807, 2.05) is 6.07 Å². The van der Waals surface area contributed by atoms with Crippen LogP contribution < -0.4 is 9.47 Å². The Morgan fingerprint density at radius 2 is 2.07 bits per heavy atom. The minimum atomic E-state index is -4.54. The molecule has 4 nitrogen and oxygen atoms in total. The van der Waals surface area contributed by atoms with Crippen molar-refractivity contribution in [2.45, 2.75) is 25.4 Å². The van der Waals surface area contributed by atoms with Gasteiger partial charge in [-0.3, -0.25) is 0 Å². The number of allylic oxidation sites excluding steroid dienone is 1. The predicted molar refractivity (Wildman–Crippen MR) is 95.0 cm³/mol. The Bertz CT molecular complexity index is 848. The van der Waals surface area contributed by atoms with E-state index < -0.39 is 11.7 Å². The first kappa shape index (κ1) is 20.6. The molecule has 2 rings (SSSR count). The van der Waals surface area contributed by atoms with E-state index in [0.29, 0.717) is 43.6 Å². The Balaban J connectivity index is 2.25. The van der Waals surface area contributed by atoms with Gasteiger partial charge in [-0.25, -0.2) is 4.98 Å². The summed E-state index contributed by atoms with van der Waals surface area (Å²) in [5.74, 6) is 0.706. The molecular weight excluding hydrogens is 381 g/mol. The number of rotatable bonds is 8. The fourth-order valence-electron chi connectivity index (χ4n) is 2.14. The molecule has 0 aliphatic rings. The van der Waals surface area contributed by atoms with Crippen LogP contribution in [-0.2, 0) is 12.6 Å². The molecule has 2 aromatic rings. The first-order valence-electron chi connectivity index (χ1n) is 7.99. The largest absolute Gasteiger partial charge is 0.493 e. The SMILES string of the molecule is C=CCc1ccc(OCCCC#N)cc1Oc1ncc(C(F)(F)F)cc1Cl. The highest BCUT2D eigenvalue weighted by Gasteiger charge is 2.31. The van der Waals surface area contributed by atoms with E-state index in [0.717, 1.165) is 11.6 Å². The van der Waals surface area contributed by atoms with Crippen LogP contribution >= 0.6 is 11.6 Å². The van der Waals surface area contributed by atoms with Crippen LogP contribution in [0.25, 0.3) is 0 Å². The summed E-state index contributed by atoms with van der Waals surface area (Å²) in [6.45, 7) is 4.02. The molecule has 0 bridgehead atoms. The van der Waals surface area contributed by atoms with Crippen molar-refractivity contribution in [3.8, 4) is 23.4 Å². The van der Waals surface area contributed by atoms with Gasteiger partial charge in [-0.15, -0.1) is 6.58 Å². The predicted octanol–water partition coefficient (Wildman–Crippen LogP) is 5.96. The van der Waals surface area contributed by atoms with Crippen LogP contribution in [0.2, 0.25) is 5.02 Å². The molecule has 0 aliphatic carbocycles. The first-order valence-corrected chi connectivity index (χ1v) is 8.37. The Morgan fingerprint density at radius 1 is 1.30 bits per heavy atom. The van der Waals surface area contributed by atoms with E-state index in [2.05, 4.69) is 11.6 Å². The lowest BCUT2D eigenvalue weighted by atomic mass is 10.1. The van der Waals surface area contributed by atoms with Crippen molar-refractivity contribution in [2.75, 3.05) is 6.61 Å². The number of hydrogen-bond donors (Lipinski definition) is 0. The lowest BCUT2D eigenvalue weighted by molar-refractivity contribution is -0.137. The molecule has 1 aromatic heterocycles. The molecule has 0 atom stereocenters. The molecule has 0 amide bonds. The van der Waals surface area contributed by atoms with Crippen molar-refractivity contribution >= 4 is 11.6 Å².